The number of rotatable bonds is 5. The molecule has 1 unspecified atom stereocenters. The van der Waals surface area contributed by atoms with Gasteiger partial charge in [-0.1, -0.05) is 27.7 Å². The highest BCUT2D eigenvalue weighted by Crippen LogP contribution is 2.15. The first-order chi connectivity index (χ1) is 9.31. The van der Waals surface area contributed by atoms with Crippen molar-refractivity contribution in [3.8, 4) is 0 Å². The second-order valence-corrected chi connectivity index (χ2v) is 5.48. The summed E-state index contributed by atoms with van der Waals surface area (Å²) < 4.78 is 0. The molecule has 1 aromatic rings. The van der Waals surface area contributed by atoms with E-state index in [2.05, 4.69) is 10.6 Å². The van der Waals surface area contributed by atoms with Crippen molar-refractivity contribution in [3.63, 3.8) is 0 Å². The molecule has 1 aromatic carbocycles. The van der Waals surface area contributed by atoms with Crippen LogP contribution in [0.25, 0.3) is 0 Å². The third-order valence-electron chi connectivity index (χ3n) is 2.97. The Morgan fingerprint density at radius 3 is 1.65 bits per heavy atom. The van der Waals surface area contributed by atoms with E-state index in [0.29, 0.717) is 11.4 Å². The van der Waals surface area contributed by atoms with Crippen molar-refractivity contribution in [2.24, 2.45) is 17.6 Å². The van der Waals surface area contributed by atoms with Crippen LogP contribution in [0.1, 0.15) is 27.7 Å². The van der Waals surface area contributed by atoms with E-state index >= 15 is 0 Å². The van der Waals surface area contributed by atoms with Gasteiger partial charge in [-0.05, 0) is 30.2 Å². The Balaban J connectivity index is 2.63. The van der Waals surface area contributed by atoms with Gasteiger partial charge in [-0.3, -0.25) is 9.59 Å². The highest BCUT2D eigenvalue weighted by Gasteiger charge is 2.17. The van der Waals surface area contributed by atoms with E-state index in [-0.39, 0.29) is 23.7 Å². The molecule has 0 aliphatic rings. The molecule has 0 saturated carbocycles. The third-order valence-corrected chi connectivity index (χ3v) is 2.97. The molecule has 20 heavy (non-hydrogen) atoms. The minimum absolute atomic E-state index is 0.0383. The topological polar surface area (TPSA) is 84.2 Å². The molecule has 0 aliphatic heterocycles. The largest absolute Gasteiger partial charge is 0.326 e. The summed E-state index contributed by atoms with van der Waals surface area (Å²) in [6.07, 6.45) is 0. The first-order valence-corrected chi connectivity index (χ1v) is 6.78. The van der Waals surface area contributed by atoms with Crippen LogP contribution in [0.4, 0.5) is 11.4 Å². The Hall–Kier alpha value is -1.88. The number of nitrogens with two attached hydrogens (primary N) is 1. The fourth-order valence-electron chi connectivity index (χ4n) is 1.45. The Bertz CT molecular complexity index is 467. The zero-order chi connectivity index (χ0) is 15.3. The molecule has 0 radical (unpaired) electrons. The Kier molecular flexibility index (Phi) is 5.70. The SMILES string of the molecule is CC(C)C(=O)Nc1ccc(NC(=O)C(N)C(C)C)cc1. The van der Waals surface area contributed by atoms with Gasteiger partial charge in [-0.25, -0.2) is 0 Å². The first kappa shape index (κ1) is 16.2. The van der Waals surface area contributed by atoms with Crippen LogP contribution >= 0.6 is 0 Å². The fourth-order valence-corrected chi connectivity index (χ4v) is 1.45. The van der Waals surface area contributed by atoms with Crippen molar-refractivity contribution in [1.82, 2.24) is 0 Å². The Morgan fingerprint density at radius 1 is 0.900 bits per heavy atom. The van der Waals surface area contributed by atoms with E-state index < -0.39 is 6.04 Å². The number of anilines is 2. The predicted molar refractivity (Wildman–Crippen MR) is 81.4 cm³/mol. The van der Waals surface area contributed by atoms with Crippen molar-refractivity contribution in [2.45, 2.75) is 33.7 Å². The summed E-state index contributed by atoms with van der Waals surface area (Å²) in [5, 5.41) is 5.54. The summed E-state index contributed by atoms with van der Waals surface area (Å²) in [7, 11) is 0. The van der Waals surface area contributed by atoms with E-state index in [1.54, 1.807) is 24.3 Å². The minimum atomic E-state index is -0.532. The van der Waals surface area contributed by atoms with Crippen LogP contribution < -0.4 is 16.4 Å². The van der Waals surface area contributed by atoms with Gasteiger partial charge in [0.25, 0.3) is 0 Å². The smallest absolute Gasteiger partial charge is 0.241 e. The molecular weight excluding hydrogens is 254 g/mol. The molecular formula is C15H23N3O2. The lowest BCUT2D eigenvalue weighted by atomic mass is 10.0. The van der Waals surface area contributed by atoms with Crippen molar-refractivity contribution in [3.05, 3.63) is 24.3 Å². The van der Waals surface area contributed by atoms with Crippen molar-refractivity contribution >= 4 is 23.2 Å². The molecule has 0 bridgehead atoms. The van der Waals surface area contributed by atoms with E-state index in [0.717, 1.165) is 0 Å². The highest BCUT2D eigenvalue weighted by molar-refractivity contribution is 5.95. The second kappa shape index (κ2) is 7.05. The van der Waals surface area contributed by atoms with E-state index in [9.17, 15) is 9.59 Å². The Labute approximate surface area is 119 Å². The van der Waals surface area contributed by atoms with Crippen LogP contribution in [0.3, 0.4) is 0 Å². The zero-order valence-electron chi connectivity index (χ0n) is 12.4. The molecule has 0 heterocycles. The predicted octanol–water partition coefficient (Wildman–Crippen LogP) is 2.20. The van der Waals surface area contributed by atoms with Crippen LogP contribution in [0.15, 0.2) is 24.3 Å². The molecule has 0 aliphatic carbocycles. The molecule has 1 rings (SSSR count). The number of benzene rings is 1. The number of nitrogens with one attached hydrogen (secondary N) is 2. The minimum Gasteiger partial charge on any atom is -0.326 e. The normalized spacial score (nSPS) is 12.3. The van der Waals surface area contributed by atoms with Gasteiger partial charge >= 0.3 is 0 Å². The molecule has 1 atom stereocenters. The highest BCUT2D eigenvalue weighted by atomic mass is 16.2. The lowest BCUT2D eigenvalue weighted by molar-refractivity contribution is -0.119. The van der Waals surface area contributed by atoms with Gasteiger partial charge < -0.3 is 16.4 Å². The van der Waals surface area contributed by atoms with E-state index in [1.165, 1.54) is 0 Å². The first-order valence-electron chi connectivity index (χ1n) is 6.78. The second-order valence-electron chi connectivity index (χ2n) is 5.48. The maximum Gasteiger partial charge on any atom is 0.241 e. The summed E-state index contributed by atoms with van der Waals surface area (Å²) in [6, 6.07) is 6.44. The maximum atomic E-state index is 11.8. The average Bonchev–Trinajstić information content (AvgIpc) is 2.39. The van der Waals surface area contributed by atoms with Crippen molar-refractivity contribution in [2.75, 3.05) is 10.6 Å². The van der Waals surface area contributed by atoms with Gasteiger partial charge in [0.15, 0.2) is 0 Å². The summed E-state index contributed by atoms with van der Waals surface area (Å²) in [5.41, 5.74) is 7.13. The summed E-state index contributed by atoms with van der Waals surface area (Å²) >= 11 is 0. The lowest BCUT2D eigenvalue weighted by Gasteiger charge is -2.15. The molecule has 5 nitrogen and oxygen atoms in total. The lowest BCUT2D eigenvalue weighted by Crippen LogP contribution is -2.39. The number of amides is 2. The zero-order valence-corrected chi connectivity index (χ0v) is 12.4. The maximum absolute atomic E-state index is 11.8. The van der Waals surface area contributed by atoms with Gasteiger partial charge in [0.2, 0.25) is 11.8 Å². The van der Waals surface area contributed by atoms with Gasteiger partial charge in [0, 0.05) is 17.3 Å². The van der Waals surface area contributed by atoms with Crippen LogP contribution in [0.5, 0.6) is 0 Å². The number of carbonyl (C=O) groups is 2. The number of carbonyl (C=O) groups excluding carboxylic acids is 2. The van der Waals surface area contributed by atoms with Crippen LogP contribution in [-0.2, 0) is 9.59 Å². The number of hydrogen-bond donors (Lipinski definition) is 3. The van der Waals surface area contributed by atoms with Gasteiger partial charge in [-0.2, -0.15) is 0 Å². The summed E-state index contributed by atoms with van der Waals surface area (Å²) in [5.74, 6) is -0.236. The molecule has 110 valence electrons. The molecule has 5 heteroatoms. The van der Waals surface area contributed by atoms with Crippen LogP contribution in [-0.4, -0.2) is 17.9 Å². The quantitative estimate of drug-likeness (QED) is 0.771. The van der Waals surface area contributed by atoms with Gasteiger partial charge in [-0.15, -0.1) is 0 Å². The molecule has 0 aromatic heterocycles. The monoisotopic (exact) mass is 277 g/mol. The summed E-state index contributed by atoms with van der Waals surface area (Å²) in [6.45, 7) is 7.46. The fraction of sp³-hybridized carbons (Fsp3) is 0.467. The standard InChI is InChI=1S/C15H23N3O2/c1-9(2)13(16)15(20)18-12-7-5-11(6-8-12)17-14(19)10(3)4/h5-10,13H,16H2,1-4H3,(H,17,19)(H,18,20). The molecule has 0 saturated heterocycles. The molecule has 4 N–H and O–H groups in total. The average molecular weight is 277 g/mol. The molecule has 0 fully saturated rings. The van der Waals surface area contributed by atoms with Crippen LogP contribution in [0.2, 0.25) is 0 Å². The van der Waals surface area contributed by atoms with Gasteiger partial charge in [0.1, 0.15) is 0 Å². The molecule has 0 spiro atoms. The van der Waals surface area contributed by atoms with E-state index in [1.807, 2.05) is 27.7 Å². The summed E-state index contributed by atoms with van der Waals surface area (Å²) in [4.78, 5) is 23.3. The third kappa shape index (κ3) is 4.66. The van der Waals surface area contributed by atoms with Crippen molar-refractivity contribution < 1.29 is 9.59 Å². The molecule has 2 amide bonds. The Morgan fingerprint density at radius 2 is 1.30 bits per heavy atom. The van der Waals surface area contributed by atoms with Gasteiger partial charge in [0.05, 0.1) is 6.04 Å². The van der Waals surface area contributed by atoms with E-state index in [4.69, 9.17) is 5.73 Å². The number of hydrogen-bond acceptors (Lipinski definition) is 3. The van der Waals surface area contributed by atoms with Crippen LogP contribution in [0, 0.1) is 11.8 Å². The van der Waals surface area contributed by atoms with Crippen molar-refractivity contribution in [1.29, 1.82) is 0 Å².